The molecule has 0 aromatic carbocycles. The standard InChI is InChI=1S/C64H66N12O8/c77-57(73-21-29-81-30-22-73)41-69-17-1-5-45(37-69)61-49-9-11-51(65-49)62(46-6-2-18-70(38-46)42-58(78)74-23-31-82-32-24-74)53-13-15-55(67-53)64(48-8-4-20-72(40-48)44-60(80)76-27-35-84-36-28-76)56-16-14-54(68-56)63(52-12-10-50(61)66-52)47-7-3-19-71(39-47)43-59(79)75-25-33-83-34-26-75/h1-20,37-40,65,68H,21-36,41-44H2/q+4. The third-order valence-corrected chi connectivity index (χ3v) is 16.1. The number of hydrogen-bond donors (Lipinski definition) is 2. The van der Waals surface area contributed by atoms with Gasteiger partial charge in [-0.1, -0.05) is 0 Å². The van der Waals surface area contributed by atoms with Gasteiger partial charge in [-0.05, 0) is 72.8 Å². The molecule has 8 bridgehead atoms. The van der Waals surface area contributed by atoms with Crippen LogP contribution >= 0.6 is 0 Å². The van der Waals surface area contributed by atoms with Crippen molar-refractivity contribution in [1.29, 1.82) is 0 Å². The van der Waals surface area contributed by atoms with E-state index in [4.69, 9.17) is 28.9 Å². The summed E-state index contributed by atoms with van der Waals surface area (Å²) in [5, 5.41) is 0. The van der Waals surface area contributed by atoms with Crippen LogP contribution in [0, 0.1) is 0 Å². The second kappa shape index (κ2) is 24.4. The molecule has 20 nitrogen and oxygen atoms in total. The van der Waals surface area contributed by atoms with Gasteiger partial charge >= 0.3 is 0 Å². The third-order valence-electron chi connectivity index (χ3n) is 16.1. The minimum Gasteiger partial charge on any atom is -0.378 e. The first-order valence-corrected chi connectivity index (χ1v) is 28.8. The van der Waals surface area contributed by atoms with E-state index < -0.39 is 0 Å². The SMILES string of the molecule is O=C(C[n+]1cccc(-c2c3nc(c(-c4ccc[n+](CC(=O)N5CCOCC5)c4)c4ccc([nH]4)c(-c4ccc[n+](CC(=O)N5CCOCC5)c4)c4nc(c(-c5ccc[n+](CC(=O)N6CCOCC6)c5)c5ccc2[nH]5)C=C4)C=C3)c1)N1CCOCC1. The topological polar surface area (TPSA) is 191 Å². The highest BCUT2D eigenvalue weighted by Gasteiger charge is 2.28. The summed E-state index contributed by atoms with van der Waals surface area (Å²) in [5.74, 6) is 0.0330. The van der Waals surface area contributed by atoms with E-state index >= 15 is 0 Å². The smallest absolute Gasteiger partial charge is 0.288 e. The first kappa shape index (κ1) is 54.2. The number of carbonyl (C=O) groups is 4. The molecule has 4 amide bonds. The van der Waals surface area contributed by atoms with E-state index in [1.54, 1.807) is 0 Å². The fourth-order valence-electron chi connectivity index (χ4n) is 11.8. The summed E-state index contributed by atoms with van der Waals surface area (Å²) in [4.78, 5) is 81.1. The molecule has 13 rings (SSSR count). The maximum absolute atomic E-state index is 13.7. The minimum absolute atomic E-state index is 0.00826. The number of aromatic nitrogens is 8. The van der Waals surface area contributed by atoms with Gasteiger partial charge < -0.3 is 48.5 Å². The lowest BCUT2D eigenvalue weighted by atomic mass is 10.1. The summed E-state index contributed by atoms with van der Waals surface area (Å²) in [6.45, 7) is 9.00. The highest BCUT2D eigenvalue weighted by Crippen LogP contribution is 2.38. The average molecular weight is 1130 g/mol. The van der Waals surface area contributed by atoms with E-state index in [1.807, 2.05) is 160 Å². The van der Waals surface area contributed by atoms with Gasteiger partial charge in [0, 0.05) is 143 Å². The zero-order valence-electron chi connectivity index (χ0n) is 46.7. The Morgan fingerprint density at radius 3 is 0.810 bits per heavy atom. The second-order valence-electron chi connectivity index (χ2n) is 21.5. The molecule has 4 saturated heterocycles. The van der Waals surface area contributed by atoms with Crippen molar-refractivity contribution in [3.05, 3.63) is 145 Å². The van der Waals surface area contributed by atoms with Crippen LogP contribution in [0.5, 0.6) is 0 Å². The molecule has 6 aliphatic heterocycles. The Morgan fingerprint density at radius 1 is 0.357 bits per heavy atom. The summed E-state index contributed by atoms with van der Waals surface area (Å²) in [5.41, 5.74) is 12.3. The fourth-order valence-corrected chi connectivity index (χ4v) is 11.8. The van der Waals surface area contributed by atoms with Crippen molar-refractivity contribution in [2.24, 2.45) is 0 Å². The summed E-state index contributed by atoms with van der Waals surface area (Å²) < 4.78 is 29.9. The first-order chi connectivity index (χ1) is 41.2. The number of aromatic amines is 2. The van der Waals surface area contributed by atoms with Crippen LogP contribution in [-0.4, -0.2) is 168 Å². The number of fused-ring (bicyclic) bond motifs is 8. The zero-order valence-corrected chi connectivity index (χ0v) is 46.7. The molecule has 0 aliphatic carbocycles. The van der Waals surface area contributed by atoms with Gasteiger partial charge in [-0.25, -0.2) is 9.97 Å². The van der Waals surface area contributed by atoms with Crippen LogP contribution in [0.3, 0.4) is 0 Å². The first-order valence-electron chi connectivity index (χ1n) is 28.8. The number of rotatable bonds is 12. The molecule has 13 heterocycles. The number of hydrogen-bond acceptors (Lipinski definition) is 10. The Kier molecular flexibility index (Phi) is 15.7. The summed E-state index contributed by atoms with van der Waals surface area (Å²) >= 11 is 0. The molecule has 7 aromatic heterocycles. The Hall–Kier alpha value is -9.08. The molecule has 0 atom stereocenters. The van der Waals surface area contributed by atoms with E-state index in [2.05, 4.69) is 34.2 Å². The summed E-state index contributed by atoms with van der Waals surface area (Å²) in [6.07, 6.45) is 23.8. The molecule has 2 N–H and O–H groups in total. The lowest BCUT2D eigenvalue weighted by Gasteiger charge is -2.25. The van der Waals surface area contributed by atoms with Crippen molar-refractivity contribution < 1.29 is 56.4 Å². The Bertz CT molecular complexity index is 3430. The van der Waals surface area contributed by atoms with Crippen LogP contribution in [0.15, 0.2) is 122 Å². The van der Waals surface area contributed by atoms with Crippen LogP contribution in [-0.2, 0) is 64.3 Å². The second-order valence-corrected chi connectivity index (χ2v) is 21.5. The molecule has 426 valence electrons. The van der Waals surface area contributed by atoms with Crippen molar-refractivity contribution in [2.75, 3.05) is 105 Å². The van der Waals surface area contributed by atoms with E-state index in [1.165, 1.54) is 0 Å². The molecule has 0 radical (unpaired) electrons. The van der Waals surface area contributed by atoms with Gasteiger partial charge in [0.05, 0.1) is 75.6 Å². The van der Waals surface area contributed by atoms with Crippen LogP contribution in [0.25, 0.3) is 90.9 Å². The summed E-state index contributed by atoms with van der Waals surface area (Å²) in [7, 11) is 0. The molecular formula is C64H66N12O8+4. The number of morpholine rings is 4. The Morgan fingerprint density at radius 2 is 0.583 bits per heavy atom. The molecule has 0 spiro atoms. The average Bonchev–Trinajstić information content (AvgIpc) is 3.81. The zero-order chi connectivity index (χ0) is 56.9. The van der Waals surface area contributed by atoms with Gasteiger partial charge in [-0.2, -0.15) is 18.3 Å². The van der Waals surface area contributed by atoms with Crippen molar-refractivity contribution in [3.63, 3.8) is 0 Å². The Labute approximate surface area is 485 Å². The molecule has 84 heavy (non-hydrogen) atoms. The van der Waals surface area contributed by atoms with Crippen molar-refractivity contribution in [2.45, 2.75) is 26.2 Å². The van der Waals surface area contributed by atoms with Gasteiger partial charge in [0.15, 0.2) is 49.6 Å². The number of carbonyl (C=O) groups excluding carboxylic acids is 4. The molecule has 0 saturated carbocycles. The maximum Gasteiger partial charge on any atom is 0.288 e. The highest BCUT2D eigenvalue weighted by molar-refractivity contribution is 5.99. The van der Waals surface area contributed by atoms with Crippen molar-refractivity contribution in [1.82, 2.24) is 39.5 Å². The van der Waals surface area contributed by atoms with E-state index in [0.29, 0.717) is 128 Å². The molecule has 7 aromatic rings. The fraction of sp³-hybridized carbons (Fsp3) is 0.312. The van der Waals surface area contributed by atoms with E-state index in [-0.39, 0.29) is 49.8 Å². The van der Waals surface area contributed by atoms with Gasteiger partial charge in [0.1, 0.15) is 0 Å². The maximum atomic E-state index is 13.7. The number of ether oxygens (including phenoxy) is 4. The van der Waals surface area contributed by atoms with Crippen LogP contribution in [0.4, 0.5) is 0 Å². The molecule has 0 unspecified atom stereocenters. The number of amides is 4. The molecular weight excluding hydrogens is 1060 g/mol. The van der Waals surface area contributed by atoms with E-state index in [9.17, 15) is 19.2 Å². The highest BCUT2D eigenvalue weighted by atomic mass is 16.5. The lowest BCUT2D eigenvalue weighted by Crippen LogP contribution is -2.48. The largest absolute Gasteiger partial charge is 0.378 e. The van der Waals surface area contributed by atoms with Crippen LogP contribution < -0.4 is 18.3 Å². The van der Waals surface area contributed by atoms with Gasteiger partial charge in [-0.3, -0.25) is 19.2 Å². The lowest BCUT2D eigenvalue weighted by molar-refractivity contribution is -0.684. The number of nitrogens with zero attached hydrogens (tertiary/aromatic N) is 10. The molecule has 6 aliphatic rings. The van der Waals surface area contributed by atoms with E-state index in [0.717, 1.165) is 66.6 Å². The molecule has 4 fully saturated rings. The number of H-pyrrole nitrogens is 2. The predicted octanol–water partition coefficient (Wildman–Crippen LogP) is 3.91. The minimum atomic E-state index is 0.00826. The van der Waals surface area contributed by atoms with Crippen molar-refractivity contribution in [3.8, 4) is 44.5 Å². The van der Waals surface area contributed by atoms with Gasteiger partial charge in [0.25, 0.3) is 23.6 Å². The number of nitrogens with one attached hydrogen (secondary N) is 2. The van der Waals surface area contributed by atoms with Crippen molar-refractivity contribution >= 4 is 70.0 Å². The monoisotopic (exact) mass is 1130 g/mol. The quantitative estimate of drug-likeness (QED) is 0.170. The molecule has 20 heteroatoms. The van der Waals surface area contributed by atoms with Crippen LogP contribution in [0.2, 0.25) is 0 Å². The van der Waals surface area contributed by atoms with Gasteiger partial charge in [0.2, 0.25) is 26.2 Å². The predicted molar refractivity (Wildman–Crippen MR) is 311 cm³/mol. The summed E-state index contributed by atoms with van der Waals surface area (Å²) in [6, 6.07) is 24.2. The van der Waals surface area contributed by atoms with Gasteiger partial charge in [-0.15, -0.1) is 0 Å². The third kappa shape index (κ3) is 11.8. The van der Waals surface area contributed by atoms with Crippen LogP contribution in [0.1, 0.15) is 22.8 Å². The Balaban J connectivity index is 1.03. The normalized spacial score (nSPS) is 16.3. The number of pyridine rings is 4.